The van der Waals surface area contributed by atoms with E-state index in [4.69, 9.17) is 4.42 Å². The summed E-state index contributed by atoms with van der Waals surface area (Å²) in [4.78, 5) is 13.5. The number of furan rings is 1. The molecule has 0 saturated heterocycles. The summed E-state index contributed by atoms with van der Waals surface area (Å²) in [6.45, 7) is 0.459. The van der Waals surface area contributed by atoms with Crippen LogP contribution in [0.15, 0.2) is 35.2 Å². The van der Waals surface area contributed by atoms with Gasteiger partial charge in [0.25, 0.3) is 5.91 Å². The van der Waals surface area contributed by atoms with Crippen LogP contribution < -0.4 is 0 Å². The van der Waals surface area contributed by atoms with Crippen molar-refractivity contribution in [3.05, 3.63) is 42.1 Å². The van der Waals surface area contributed by atoms with E-state index in [9.17, 15) is 4.79 Å². The van der Waals surface area contributed by atoms with Crippen molar-refractivity contribution in [1.29, 1.82) is 0 Å². The number of rotatable bonds is 3. The minimum absolute atomic E-state index is 0.0653. The molecule has 2 rings (SSSR count). The van der Waals surface area contributed by atoms with Crippen LogP contribution in [-0.4, -0.2) is 27.6 Å². The van der Waals surface area contributed by atoms with Crippen LogP contribution >= 0.6 is 0 Å². The van der Waals surface area contributed by atoms with Crippen molar-refractivity contribution >= 4 is 5.91 Å². The van der Waals surface area contributed by atoms with Crippen LogP contribution in [0.2, 0.25) is 0 Å². The SMILES string of the molecule is CN(Cc1ccco1)C(=O)c1cnn(C)c1. The lowest BCUT2D eigenvalue weighted by atomic mass is 10.3. The van der Waals surface area contributed by atoms with Crippen molar-refractivity contribution in [1.82, 2.24) is 14.7 Å². The van der Waals surface area contributed by atoms with E-state index >= 15 is 0 Å². The molecular weight excluding hydrogens is 206 g/mol. The minimum atomic E-state index is -0.0653. The molecule has 1 amide bonds. The molecule has 2 heterocycles. The zero-order valence-corrected chi connectivity index (χ0v) is 9.25. The second-order valence-electron chi connectivity index (χ2n) is 3.64. The highest BCUT2D eigenvalue weighted by Gasteiger charge is 2.14. The molecule has 0 unspecified atom stereocenters. The monoisotopic (exact) mass is 219 g/mol. The second-order valence-corrected chi connectivity index (χ2v) is 3.64. The summed E-state index contributed by atoms with van der Waals surface area (Å²) in [5.74, 6) is 0.698. The molecule has 2 aromatic heterocycles. The average Bonchev–Trinajstić information content (AvgIpc) is 2.88. The van der Waals surface area contributed by atoms with Crippen molar-refractivity contribution in [3.63, 3.8) is 0 Å². The van der Waals surface area contributed by atoms with Crippen LogP contribution in [-0.2, 0) is 13.6 Å². The van der Waals surface area contributed by atoms with E-state index in [2.05, 4.69) is 5.10 Å². The van der Waals surface area contributed by atoms with Crippen molar-refractivity contribution in [2.24, 2.45) is 7.05 Å². The van der Waals surface area contributed by atoms with Crippen molar-refractivity contribution in [3.8, 4) is 0 Å². The highest BCUT2D eigenvalue weighted by atomic mass is 16.3. The molecule has 5 heteroatoms. The third-order valence-corrected chi connectivity index (χ3v) is 2.27. The van der Waals surface area contributed by atoms with Gasteiger partial charge in [-0.15, -0.1) is 0 Å². The first-order valence-electron chi connectivity index (χ1n) is 4.93. The lowest BCUT2D eigenvalue weighted by molar-refractivity contribution is 0.0775. The van der Waals surface area contributed by atoms with Crippen LogP contribution in [0.25, 0.3) is 0 Å². The molecule has 0 saturated carbocycles. The highest BCUT2D eigenvalue weighted by molar-refractivity contribution is 5.93. The summed E-state index contributed by atoms with van der Waals surface area (Å²) >= 11 is 0. The van der Waals surface area contributed by atoms with Crippen molar-refractivity contribution in [2.45, 2.75) is 6.54 Å². The number of amides is 1. The zero-order valence-electron chi connectivity index (χ0n) is 9.25. The zero-order chi connectivity index (χ0) is 11.5. The van der Waals surface area contributed by atoms with Crippen LogP contribution in [0, 0.1) is 0 Å². The topological polar surface area (TPSA) is 51.3 Å². The molecule has 0 N–H and O–H groups in total. The summed E-state index contributed by atoms with van der Waals surface area (Å²) in [5.41, 5.74) is 0.580. The Morgan fingerprint density at radius 3 is 3.00 bits per heavy atom. The van der Waals surface area contributed by atoms with E-state index in [0.29, 0.717) is 12.1 Å². The summed E-state index contributed by atoms with van der Waals surface area (Å²) in [7, 11) is 3.52. The molecule has 0 atom stereocenters. The summed E-state index contributed by atoms with van der Waals surface area (Å²) in [6, 6.07) is 3.64. The van der Waals surface area contributed by atoms with Gasteiger partial charge in [0.15, 0.2) is 0 Å². The van der Waals surface area contributed by atoms with Crippen molar-refractivity contribution in [2.75, 3.05) is 7.05 Å². The number of hydrogen-bond acceptors (Lipinski definition) is 3. The molecular formula is C11H13N3O2. The van der Waals surface area contributed by atoms with Gasteiger partial charge in [-0.2, -0.15) is 5.10 Å². The molecule has 84 valence electrons. The van der Waals surface area contributed by atoms with Gasteiger partial charge in [-0.1, -0.05) is 0 Å². The number of carbonyl (C=O) groups is 1. The Labute approximate surface area is 93.3 Å². The van der Waals surface area contributed by atoms with Gasteiger partial charge in [-0.25, -0.2) is 0 Å². The highest BCUT2D eigenvalue weighted by Crippen LogP contribution is 2.07. The lowest BCUT2D eigenvalue weighted by Crippen LogP contribution is -2.25. The van der Waals surface area contributed by atoms with Crippen LogP contribution in [0.1, 0.15) is 16.1 Å². The van der Waals surface area contributed by atoms with E-state index in [0.717, 1.165) is 5.76 Å². The Balaban J connectivity index is 2.05. The maximum absolute atomic E-state index is 11.9. The van der Waals surface area contributed by atoms with Gasteiger partial charge in [0.05, 0.1) is 24.6 Å². The molecule has 0 radical (unpaired) electrons. The van der Waals surface area contributed by atoms with Crippen molar-refractivity contribution < 1.29 is 9.21 Å². The Morgan fingerprint density at radius 2 is 2.44 bits per heavy atom. The van der Waals surface area contributed by atoms with E-state index < -0.39 is 0 Å². The first-order chi connectivity index (χ1) is 7.66. The molecule has 16 heavy (non-hydrogen) atoms. The average molecular weight is 219 g/mol. The fraction of sp³-hybridized carbons (Fsp3) is 0.273. The van der Waals surface area contributed by atoms with E-state index in [1.165, 1.54) is 0 Å². The number of carbonyl (C=O) groups excluding carboxylic acids is 1. The molecule has 0 spiro atoms. The van der Waals surface area contributed by atoms with Crippen LogP contribution in [0.3, 0.4) is 0 Å². The third kappa shape index (κ3) is 2.13. The third-order valence-electron chi connectivity index (χ3n) is 2.27. The lowest BCUT2D eigenvalue weighted by Gasteiger charge is -2.14. The standard InChI is InChI=1S/C11H13N3O2/c1-13(8-10-4-3-5-16-10)11(15)9-6-12-14(2)7-9/h3-7H,8H2,1-2H3. The maximum atomic E-state index is 11.9. The molecule has 0 fully saturated rings. The Morgan fingerprint density at radius 1 is 1.62 bits per heavy atom. The number of aromatic nitrogens is 2. The molecule has 0 aliphatic carbocycles. The summed E-state index contributed by atoms with van der Waals surface area (Å²) in [5, 5.41) is 3.96. The normalized spacial score (nSPS) is 10.4. The smallest absolute Gasteiger partial charge is 0.257 e. The Bertz CT molecular complexity index is 473. The molecule has 2 aromatic rings. The number of aryl methyl sites for hydroxylation is 1. The second kappa shape index (κ2) is 4.22. The molecule has 0 aliphatic heterocycles. The van der Waals surface area contributed by atoms with Gasteiger partial charge in [0.2, 0.25) is 0 Å². The first kappa shape index (κ1) is 10.5. The molecule has 0 bridgehead atoms. The maximum Gasteiger partial charge on any atom is 0.257 e. The van der Waals surface area contributed by atoms with E-state index in [1.807, 2.05) is 6.07 Å². The van der Waals surface area contributed by atoms with Gasteiger partial charge in [-0.3, -0.25) is 9.48 Å². The Hall–Kier alpha value is -2.04. The Kier molecular flexibility index (Phi) is 2.76. The fourth-order valence-corrected chi connectivity index (χ4v) is 1.46. The minimum Gasteiger partial charge on any atom is -0.467 e. The predicted octanol–water partition coefficient (Wildman–Crippen LogP) is 1.29. The van der Waals surface area contributed by atoms with Gasteiger partial charge in [0, 0.05) is 20.3 Å². The van der Waals surface area contributed by atoms with E-state index in [-0.39, 0.29) is 5.91 Å². The van der Waals surface area contributed by atoms with E-state index in [1.54, 1.807) is 48.4 Å². The summed E-state index contributed by atoms with van der Waals surface area (Å²) < 4.78 is 6.79. The number of hydrogen-bond donors (Lipinski definition) is 0. The molecule has 0 aromatic carbocycles. The largest absolute Gasteiger partial charge is 0.467 e. The predicted molar refractivity (Wildman–Crippen MR) is 57.7 cm³/mol. The van der Waals surface area contributed by atoms with Crippen LogP contribution in [0.5, 0.6) is 0 Å². The van der Waals surface area contributed by atoms with Gasteiger partial charge in [-0.05, 0) is 12.1 Å². The number of nitrogens with zero attached hydrogens (tertiary/aromatic N) is 3. The van der Waals surface area contributed by atoms with Gasteiger partial charge < -0.3 is 9.32 Å². The van der Waals surface area contributed by atoms with Gasteiger partial charge in [0.1, 0.15) is 5.76 Å². The van der Waals surface area contributed by atoms with Crippen LogP contribution in [0.4, 0.5) is 0 Å². The quantitative estimate of drug-likeness (QED) is 0.781. The molecule has 5 nitrogen and oxygen atoms in total. The fourth-order valence-electron chi connectivity index (χ4n) is 1.46. The molecule has 0 aliphatic rings. The van der Waals surface area contributed by atoms with Gasteiger partial charge >= 0.3 is 0 Å². The summed E-state index contributed by atoms with van der Waals surface area (Å²) in [6.07, 6.45) is 4.85. The first-order valence-corrected chi connectivity index (χ1v) is 4.93.